The van der Waals surface area contributed by atoms with E-state index in [9.17, 15) is 9.90 Å². The van der Waals surface area contributed by atoms with Gasteiger partial charge in [-0.15, -0.1) is 0 Å². The zero-order valence-electron chi connectivity index (χ0n) is 10.3. The minimum atomic E-state index is -0.0981. The molecule has 17 heavy (non-hydrogen) atoms. The SMILES string of the molecule is Cc1ccc2c(=O)n(CC(C)C)cnc2c1O. The molecule has 0 saturated heterocycles. The lowest BCUT2D eigenvalue weighted by Gasteiger charge is -2.10. The molecule has 1 aromatic heterocycles. The second-order valence-electron chi connectivity index (χ2n) is 4.72. The van der Waals surface area contributed by atoms with Crippen LogP contribution >= 0.6 is 0 Å². The monoisotopic (exact) mass is 232 g/mol. The first-order valence-corrected chi connectivity index (χ1v) is 5.68. The van der Waals surface area contributed by atoms with E-state index < -0.39 is 0 Å². The van der Waals surface area contributed by atoms with E-state index in [-0.39, 0.29) is 11.3 Å². The summed E-state index contributed by atoms with van der Waals surface area (Å²) in [7, 11) is 0. The number of rotatable bonds is 2. The van der Waals surface area contributed by atoms with Gasteiger partial charge in [-0.25, -0.2) is 4.98 Å². The molecule has 0 bridgehead atoms. The Labute approximate surface area is 99.5 Å². The fourth-order valence-electron chi connectivity index (χ4n) is 1.84. The van der Waals surface area contributed by atoms with Gasteiger partial charge in [0.25, 0.3) is 5.56 Å². The maximum atomic E-state index is 12.1. The smallest absolute Gasteiger partial charge is 0.261 e. The number of hydrogen-bond acceptors (Lipinski definition) is 3. The third-order valence-electron chi connectivity index (χ3n) is 2.73. The molecule has 0 fully saturated rings. The topological polar surface area (TPSA) is 55.1 Å². The van der Waals surface area contributed by atoms with Gasteiger partial charge in [0.15, 0.2) is 0 Å². The number of benzene rings is 1. The molecule has 1 aromatic carbocycles. The Morgan fingerprint density at radius 1 is 1.41 bits per heavy atom. The summed E-state index contributed by atoms with van der Waals surface area (Å²) in [6.07, 6.45) is 1.50. The fourth-order valence-corrected chi connectivity index (χ4v) is 1.84. The highest BCUT2D eigenvalue weighted by Gasteiger charge is 2.10. The van der Waals surface area contributed by atoms with Crippen LogP contribution in [0.4, 0.5) is 0 Å². The molecule has 1 heterocycles. The van der Waals surface area contributed by atoms with Crippen LogP contribution in [-0.4, -0.2) is 14.7 Å². The first-order chi connectivity index (χ1) is 8.00. The van der Waals surface area contributed by atoms with Crippen LogP contribution < -0.4 is 5.56 Å². The summed E-state index contributed by atoms with van der Waals surface area (Å²) in [6.45, 7) is 6.51. The third kappa shape index (κ3) is 2.02. The average molecular weight is 232 g/mol. The van der Waals surface area contributed by atoms with Gasteiger partial charge in [0.1, 0.15) is 11.3 Å². The minimum absolute atomic E-state index is 0.0938. The molecule has 0 spiro atoms. The number of nitrogens with zero attached hydrogens (tertiary/aromatic N) is 2. The quantitative estimate of drug-likeness (QED) is 0.862. The molecular weight excluding hydrogens is 216 g/mol. The molecule has 0 atom stereocenters. The lowest BCUT2D eigenvalue weighted by molar-refractivity contribution is 0.474. The summed E-state index contributed by atoms with van der Waals surface area (Å²) in [5, 5.41) is 10.3. The van der Waals surface area contributed by atoms with Crippen molar-refractivity contribution < 1.29 is 5.11 Å². The predicted octanol–water partition coefficient (Wildman–Crippen LogP) is 2.07. The third-order valence-corrected chi connectivity index (χ3v) is 2.73. The summed E-state index contributed by atoms with van der Waals surface area (Å²) < 4.78 is 1.59. The van der Waals surface area contributed by atoms with Crippen LogP contribution in [0.15, 0.2) is 23.3 Å². The normalized spacial score (nSPS) is 11.3. The minimum Gasteiger partial charge on any atom is -0.505 e. The van der Waals surface area contributed by atoms with Gasteiger partial charge in [0.2, 0.25) is 0 Å². The molecule has 90 valence electrons. The van der Waals surface area contributed by atoms with Gasteiger partial charge in [0, 0.05) is 6.54 Å². The van der Waals surface area contributed by atoms with E-state index in [1.165, 1.54) is 6.33 Å². The summed E-state index contributed by atoms with van der Waals surface area (Å²) >= 11 is 0. The van der Waals surface area contributed by atoms with E-state index >= 15 is 0 Å². The Bertz CT molecular complexity index is 615. The largest absolute Gasteiger partial charge is 0.505 e. The predicted molar refractivity (Wildman–Crippen MR) is 67.2 cm³/mol. The standard InChI is InChI=1S/C13H16N2O2/c1-8(2)6-15-7-14-11-10(13(15)17)5-4-9(3)12(11)16/h4-5,7-8,16H,6H2,1-3H3. The van der Waals surface area contributed by atoms with Crippen LogP contribution in [0, 0.1) is 12.8 Å². The van der Waals surface area contributed by atoms with E-state index in [2.05, 4.69) is 4.98 Å². The first kappa shape index (κ1) is 11.6. The van der Waals surface area contributed by atoms with Gasteiger partial charge < -0.3 is 5.11 Å². The van der Waals surface area contributed by atoms with Gasteiger partial charge in [-0.05, 0) is 24.5 Å². The van der Waals surface area contributed by atoms with Gasteiger partial charge in [-0.2, -0.15) is 0 Å². The second-order valence-corrected chi connectivity index (χ2v) is 4.72. The highest BCUT2D eigenvalue weighted by atomic mass is 16.3. The summed E-state index contributed by atoms with van der Waals surface area (Å²) in [5.41, 5.74) is 1.01. The fraction of sp³-hybridized carbons (Fsp3) is 0.385. The highest BCUT2D eigenvalue weighted by molar-refractivity contribution is 5.84. The van der Waals surface area contributed by atoms with Crippen LogP contribution in [0.1, 0.15) is 19.4 Å². The molecule has 4 nitrogen and oxygen atoms in total. The zero-order chi connectivity index (χ0) is 12.6. The van der Waals surface area contributed by atoms with Crippen LogP contribution in [0.3, 0.4) is 0 Å². The number of aromatic hydroxyl groups is 1. The van der Waals surface area contributed by atoms with E-state index in [0.717, 1.165) is 5.56 Å². The Kier molecular flexibility index (Phi) is 2.88. The van der Waals surface area contributed by atoms with Crippen molar-refractivity contribution in [2.45, 2.75) is 27.3 Å². The number of fused-ring (bicyclic) bond motifs is 1. The molecule has 2 rings (SSSR count). The lowest BCUT2D eigenvalue weighted by atomic mass is 10.1. The van der Waals surface area contributed by atoms with Crippen molar-refractivity contribution in [3.63, 3.8) is 0 Å². The van der Waals surface area contributed by atoms with Crippen molar-refractivity contribution in [1.82, 2.24) is 9.55 Å². The zero-order valence-corrected chi connectivity index (χ0v) is 10.3. The van der Waals surface area contributed by atoms with E-state index in [1.807, 2.05) is 13.8 Å². The molecule has 4 heteroatoms. The number of hydrogen-bond donors (Lipinski definition) is 1. The first-order valence-electron chi connectivity index (χ1n) is 5.68. The second kappa shape index (κ2) is 4.20. The highest BCUT2D eigenvalue weighted by Crippen LogP contribution is 2.23. The van der Waals surface area contributed by atoms with E-state index in [0.29, 0.717) is 23.4 Å². The Morgan fingerprint density at radius 3 is 2.76 bits per heavy atom. The van der Waals surface area contributed by atoms with Gasteiger partial charge in [0.05, 0.1) is 11.7 Å². The van der Waals surface area contributed by atoms with Crippen molar-refractivity contribution in [3.05, 3.63) is 34.4 Å². The molecule has 0 amide bonds. The van der Waals surface area contributed by atoms with Crippen LogP contribution in [-0.2, 0) is 6.54 Å². The maximum Gasteiger partial charge on any atom is 0.261 e. The van der Waals surface area contributed by atoms with E-state index in [1.54, 1.807) is 23.6 Å². The van der Waals surface area contributed by atoms with Gasteiger partial charge in [-0.1, -0.05) is 19.9 Å². The summed E-state index contributed by atoms with van der Waals surface area (Å²) in [4.78, 5) is 16.3. The number of phenolic OH excluding ortho intramolecular Hbond substituents is 1. The Hall–Kier alpha value is -1.84. The Balaban J connectivity index is 2.69. The number of phenols is 1. The summed E-state index contributed by atoms with van der Waals surface area (Å²) in [5.74, 6) is 0.474. The van der Waals surface area contributed by atoms with Crippen molar-refractivity contribution in [3.8, 4) is 5.75 Å². The van der Waals surface area contributed by atoms with E-state index in [4.69, 9.17) is 0 Å². The van der Waals surface area contributed by atoms with Crippen LogP contribution in [0.5, 0.6) is 5.75 Å². The molecule has 0 aliphatic rings. The summed E-state index contributed by atoms with van der Waals surface area (Å²) in [6, 6.07) is 3.46. The van der Waals surface area contributed by atoms with Crippen molar-refractivity contribution in [2.75, 3.05) is 0 Å². The molecule has 0 radical (unpaired) electrons. The molecule has 0 saturated carbocycles. The van der Waals surface area contributed by atoms with Crippen molar-refractivity contribution in [1.29, 1.82) is 0 Å². The van der Waals surface area contributed by atoms with Gasteiger partial charge >= 0.3 is 0 Å². The molecule has 0 aliphatic carbocycles. The molecular formula is C13H16N2O2. The van der Waals surface area contributed by atoms with Crippen LogP contribution in [0.25, 0.3) is 10.9 Å². The molecule has 1 N–H and O–H groups in total. The van der Waals surface area contributed by atoms with Crippen molar-refractivity contribution in [2.24, 2.45) is 5.92 Å². The van der Waals surface area contributed by atoms with Crippen LogP contribution in [0.2, 0.25) is 0 Å². The van der Waals surface area contributed by atoms with Gasteiger partial charge in [-0.3, -0.25) is 9.36 Å². The van der Waals surface area contributed by atoms with Crippen molar-refractivity contribution >= 4 is 10.9 Å². The molecule has 0 unspecified atom stereocenters. The number of aromatic nitrogens is 2. The maximum absolute atomic E-state index is 12.1. The number of aryl methyl sites for hydroxylation is 1. The lowest BCUT2D eigenvalue weighted by Crippen LogP contribution is -2.22. The molecule has 2 aromatic rings. The molecule has 0 aliphatic heterocycles. The Morgan fingerprint density at radius 2 is 2.12 bits per heavy atom. The average Bonchev–Trinajstić information content (AvgIpc) is 2.27.